The molecule has 7 heteroatoms. The van der Waals surface area contributed by atoms with Crippen molar-refractivity contribution in [3.63, 3.8) is 0 Å². The van der Waals surface area contributed by atoms with Gasteiger partial charge in [-0.15, -0.1) is 0 Å². The van der Waals surface area contributed by atoms with Crippen molar-refractivity contribution < 1.29 is 23.1 Å². The van der Waals surface area contributed by atoms with Gasteiger partial charge in [0.15, 0.2) is 0 Å². The van der Waals surface area contributed by atoms with E-state index in [1.54, 1.807) is 60.7 Å². The van der Waals surface area contributed by atoms with E-state index in [2.05, 4.69) is 4.74 Å². The summed E-state index contributed by atoms with van der Waals surface area (Å²) in [6.07, 6.45) is 0. The maximum absolute atomic E-state index is 13.0. The zero-order chi connectivity index (χ0) is 16.0. The highest BCUT2D eigenvalue weighted by Crippen LogP contribution is 2.51. The Balaban J connectivity index is 2.31. The zero-order valence-electron chi connectivity index (χ0n) is 11.9. The van der Waals surface area contributed by atoms with E-state index in [-0.39, 0.29) is 11.5 Å². The van der Waals surface area contributed by atoms with Crippen LogP contribution in [-0.4, -0.2) is 18.9 Å². The summed E-state index contributed by atoms with van der Waals surface area (Å²) in [5.41, 5.74) is 5.71. The molecule has 1 unspecified atom stereocenters. The molecule has 0 saturated carbocycles. The molecular weight excluding hydrogens is 305 g/mol. The molecule has 0 aromatic heterocycles. The quantitative estimate of drug-likeness (QED) is 0.650. The number of esters is 1. The molecule has 2 rings (SSSR count). The molecular formula is C15H16NO5P. The Labute approximate surface area is 128 Å². The van der Waals surface area contributed by atoms with Gasteiger partial charge in [-0.2, -0.15) is 0 Å². The fourth-order valence-electron chi connectivity index (χ4n) is 1.64. The Hall–Kier alpha value is -2.30. The topological polar surface area (TPSA) is 87.9 Å². The third-order valence-electron chi connectivity index (χ3n) is 2.74. The second kappa shape index (κ2) is 7.11. The van der Waals surface area contributed by atoms with Crippen molar-refractivity contribution in [3.05, 3.63) is 60.7 Å². The number of hydrogen-bond donors (Lipinski definition) is 1. The molecule has 0 aliphatic carbocycles. The summed E-state index contributed by atoms with van der Waals surface area (Å²) >= 11 is 0. The molecule has 0 spiro atoms. The van der Waals surface area contributed by atoms with Crippen molar-refractivity contribution in [1.29, 1.82) is 0 Å². The highest BCUT2D eigenvalue weighted by molar-refractivity contribution is 7.56. The van der Waals surface area contributed by atoms with Crippen molar-refractivity contribution in [2.75, 3.05) is 7.11 Å². The second-order valence-corrected chi connectivity index (χ2v) is 6.32. The first-order valence-electron chi connectivity index (χ1n) is 6.47. The van der Waals surface area contributed by atoms with Gasteiger partial charge in [-0.05, 0) is 24.3 Å². The Kier molecular flexibility index (Phi) is 5.20. The fraction of sp³-hybridized carbons (Fsp3) is 0.133. The van der Waals surface area contributed by atoms with Crippen LogP contribution >= 0.6 is 7.60 Å². The standard InChI is InChI=1S/C15H16NO5P/c1-19-15(17)14(16)22(18,20-12-8-4-2-5-9-12)21-13-10-6-3-7-11-13/h2-11,14H,16H2,1H3. The first-order chi connectivity index (χ1) is 10.5. The molecule has 22 heavy (non-hydrogen) atoms. The van der Waals surface area contributed by atoms with Gasteiger partial charge in [-0.1, -0.05) is 36.4 Å². The van der Waals surface area contributed by atoms with E-state index < -0.39 is 19.3 Å². The van der Waals surface area contributed by atoms with Crippen LogP contribution in [0, 0.1) is 0 Å². The van der Waals surface area contributed by atoms with Gasteiger partial charge in [0.1, 0.15) is 11.5 Å². The van der Waals surface area contributed by atoms with Crippen molar-refractivity contribution in [1.82, 2.24) is 0 Å². The minimum absolute atomic E-state index is 0.279. The molecule has 0 aliphatic heterocycles. The summed E-state index contributed by atoms with van der Waals surface area (Å²) in [4.78, 5) is 11.7. The third-order valence-corrected chi connectivity index (χ3v) is 4.56. The summed E-state index contributed by atoms with van der Waals surface area (Å²) in [6, 6.07) is 16.7. The van der Waals surface area contributed by atoms with Gasteiger partial charge in [0, 0.05) is 0 Å². The molecule has 0 radical (unpaired) electrons. The maximum Gasteiger partial charge on any atom is 0.458 e. The van der Waals surface area contributed by atoms with Gasteiger partial charge in [0.2, 0.25) is 5.78 Å². The number of methoxy groups -OCH3 is 1. The number of carbonyl (C=O) groups is 1. The molecule has 0 bridgehead atoms. The normalized spacial score (nSPS) is 12.3. The molecule has 0 saturated heterocycles. The van der Waals surface area contributed by atoms with Crippen LogP contribution in [0.1, 0.15) is 0 Å². The van der Waals surface area contributed by atoms with Crippen molar-refractivity contribution in [2.24, 2.45) is 5.73 Å². The first kappa shape index (κ1) is 16.1. The lowest BCUT2D eigenvalue weighted by atomic mass is 10.3. The van der Waals surface area contributed by atoms with Crippen molar-refractivity contribution in [3.8, 4) is 11.5 Å². The van der Waals surface area contributed by atoms with Crippen LogP contribution in [0.15, 0.2) is 60.7 Å². The van der Waals surface area contributed by atoms with Gasteiger partial charge in [-0.3, -0.25) is 0 Å². The average molecular weight is 321 g/mol. The maximum atomic E-state index is 13.0. The average Bonchev–Trinajstić information content (AvgIpc) is 2.55. The molecule has 2 aromatic rings. The fourth-order valence-corrected chi connectivity index (χ4v) is 3.10. The number of carbonyl (C=O) groups excluding carboxylic acids is 1. The molecule has 116 valence electrons. The number of para-hydroxylation sites is 2. The number of benzene rings is 2. The molecule has 6 nitrogen and oxygen atoms in total. The summed E-state index contributed by atoms with van der Waals surface area (Å²) in [5.74, 6) is -1.88. The lowest BCUT2D eigenvalue weighted by molar-refractivity contribution is -0.140. The van der Waals surface area contributed by atoms with E-state index in [9.17, 15) is 9.36 Å². The van der Waals surface area contributed by atoms with Crippen LogP contribution in [0.25, 0.3) is 0 Å². The minimum atomic E-state index is -4.02. The summed E-state index contributed by atoms with van der Waals surface area (Å²) in [7, 11) is -2.87. The minimum Gasteiger partial charge on any atom is -0.467 e. The molecule has 2 N–H and O–H groups in total. The lowest BCUT2D eigenvalue weighted by Gasteiger charge is -2.23. The first-order valence-corrected chi connectivity index (χ1v) is 8.09. The van der Waals surface area contributed by atoms with E-state index >= 15 is 0 Å². The largest absolute Gasteiger partial charge is 0.467 e. The number of nitrogens with two attached hydrogens (primary N) is 1. The summed E-state index contributed by atoms with van der Waals surface area (Å²) in [6.45, 7) is 0. The Morgan fingerprint density at radius 1 is 0.955 bits per heavy atom. The monoisotopic (exact) mass is 321 g/mol. The van der Waals surface area contributed by atoms with E-state index in [0.29, 0.717) is 0 Å². The van der Waals surface area contributed by atoms with Gasteiger partial charge < -0.3 is 19.5 Å². The van der Waals surface area contributed by atoms with E-state index in [1.807, 2.05) is 0 Å². The predicted octanol–water partition coefficient (Wildman–Crippen LogP) is 2.80. The number of hydrogen-bond acceptors (Lipinski definition) is 6. The molecule has 0 heterocycles. The summed E-state index contributed by atoms with van der Waals surface area (Å²) < 4.78 is 28.3. The zero-order valence-corrected chi connectivity index (χ0v) is 12.8. The highest BCUT2D eigenvalue weighted by Gasteiger charge is 2.42. The molecule has 2 aromatic carbocycles. The van der Waals surface area contributed by atoms with E-state index in [1.165, 1.54) is 0 Å². The van der Waals surface area contributed by atoms with Crippen LogP contribution in [0.4, 0.5) is 0 Å². The predicted molar refractivity (Wildman–Crippen MR) is 81.7 cm³/mol. The van der Waals surface area contributed by atoms with Gasteiger partial charge in [0.05, 0.1) is 7.11 Å². The van der Waals surface area contributed by atoms with E-state index in [4.69, 9.17) is 14.8 Å². The Bertz CT molecular complexity index is 617. The van der Waals surface area contributed by atoms with Crippen LogP contribution < -0.4 is 14.8 Å². The van der Waals surface area contributed by atoms with Crippen LogP contribution in [0.2, 0.25) is 0 Å². The molecule has 0 fully saturated rings. The smallest absolute Gasteiger partial charge is 0.458 e. The Morgan fingerprint density at radius 2 is 1.36 bits per heavy atom. The summed E-state index contributed by atoms with van der Waals surface area (Å²) in [5, 5.41) is 0. The van der Waals surface area contributed by atoms with Crippen LogP contribution in [0.5, 0.6) is 11.5 Å². The Morgan fingerprint density at radius 3 is 1.73 bits per heavy atom. The van der Waals surface area contributed by atoms with E-state index in [0.717, 1.165) is 7.11 Å². The lowest BCUT2D eigenvalue weighted by Crippen LogP contribution is -2.34. The van der Waals surface area contributed by atoms with Crippen LogP contribution in [0.3, 0.4) is 0 Å². The van der Waals surface area contributed by atoms with Crippen molar-refractivity contribution in [2.45, 2.75) is 5.78 Å². The molecule has 1 atom stereocenters. The van der Waals surface area contributed by atoms with Crippen molar-refractivity contribution >= 4 is 13.6 Å². The SMILES string of the molecule is COC(=O)C(N)P(=O)(Oc1ccccc1)Oc1ccccc1. The van der Waals surface area contributed by atoms with Gasteiger partial charge >= 0.3 is 13.6 Å². The second-order valence-electron chi connectivity index (χ2n) is 4.32. The number of ether oxygens (including phenoxy) is 1. The third kappa shape index (κ3) is 3.87. The highest BCUT2D eigenvalue weighted by atomic mass is 31.2. The number of rotatable bonds is 6. The van der Waals surface area contributed by atoms with Crippen LogP contribution in [-0.2, 0) is 14.1 Å². The van der Waals surface area contributed by atoms with Gasteiger partial charge in [0.25, 0.3) is 0 Å². The molecule has 0 aliphatic rings. The molecule has 0 amide bonds. The van der Waals surface area contributed by atoms with Gasteiger partial charge in [-0.25, -0.2) is 9.36 Å².